The van der Waals surface area contributed by atoms with Crippen LogP contribution in [0.2, 0.25) is 0 Å². The number of hydrogen-bond acceptors (Lipinski definition) is 3. The van der Waals surface area contributed by atoms with E-state index in [0.717, 1.165) is 19.2 Å². The van der Waals surface area contributed by atoms with Crippen LogP contribution < -0.4 is 10.6 Å². The smallest absolute Gasteiger partial charge is 0.418 e. The standard InChI is InChI=1S/C14H18F3N3O2/c1-20-7-5-9(6-8-20)18-12-10(14(15,16)17)3-2-4-11(12)19-13(21)22/h2-4,9,18-19H,5-8H2,1H3,(H,21,22). The van der Waals surface area contributed by atoms with Crippen LogP contribution in [0.4, 0.5) is 29.3 Å². The molecule has 1 aromatic rings. The van der Waals surface area contributed by atoms with Crippen LogP contribution in [-0.2, 0) is 6.18 Å². The SMILES string of the molecule is CN1CCC(Nc2c(NC(=O)O)cccc2C(F)(F)F)CC1. The van der Waals surface area contributed by atoms with Gasteiger partial charge in [0, 0.05) is 6.04 Å². The van der Waals surface area contributed by atoms with Crippen molar-refractivity contribution in [1.29, 1.82) is 0 Å². The van der Waals surface area contributed by atoms with Crippen molar-refractivity contribution in [2.24, 2.45) is 0 Å². The van der Waals surface area contributed by atoms with Crippen molar-refractivity contribution in [2.45, 2.75) is 25.1 Å². The first-order valence-electron chi connectivity index (χ1n) is 6.92. The highest BCUT2D eigenvalue weighted by Gasteiger charge is 2.35. The fourth-order valence-electron chi connectivity index (χ4n) is 2.52. The Hall–Kier alpha value is -1.96. The summed E-state index contributed by atoms with van der Waals surface area (Å²) in [5.74, 6) is 0. The number of alkyl halides is 3. The molecule has 1 saturated heterocycles. The highest BCUT2D eigenvalue weighted by Crippen LogP contribution is 2.39. The number of likely N-dealkylation sites (tertiary alicyclic amines) is 1. The first-order valence-corrected chi connectivity index (χ1v) is 6.92. The number of anilines is 2. The number of para-hydroxylation sites is 1. The molecule has 1 aliphatic rings. The Morgan fingerprint density at radius 3 is 2.50 bits per heavy atom. The second-order valence-electron chi connectivity index (χ2n) is 5.38. The molecule has 1 aliphatic heterocycles. The van der Waals surface area contributed by atoms with Crippen molar-refractivity contribution in [3.63, 3.8) is 0 Å². The Morgan fingerprint density at radius 2 is 1.95 bits per heavy atom. The molecule has 122 valence electrons. The molecule has 1 aromatic carbocycles. The highest BCUT2D eigenvalue weighted by molar-refractivity contribution is 5.89. The number of benzene rings is 1. The molecule has 0 saturated carbocycles. The summed E-state index contributed by atoms with van der Waals surface area (Å²) in [4.78, 5) is 12.9. The lowest BCUT2D eigenvalue weighted by Crippen LogP contribution is -2.37. The summed E-state index contributed by atoms with van der Waals surface area (Å²) in [5.41, 5.74) is -1.15. The van der Waals surface area contributed by atoms with E-state index < -0.39 is 17.8 Å². The first kappa shape index (κ1) is 16.4. The molecule has 3 N–H and O–H groups in total. The Labute approximate surface area is 126 Å². The number of nitrogens with one attached hydrogen (secondary N) is 2. The van der Waals surface area contributed by atoms with E-state index in [-0.39, 0.29) is 17.4 Å². The molecule has 22 heavy (non-hydrogen) atoms. The summed E-state index contributed by atoms with van der Waals surface area (Å²) in [6.07, 6.45) is -4.54. The molecule has 0 aromatic heterocycles. The molecular formula is C14H18F3N3O2. The monoisotopic (exact) mass is 317 g/mol. The molecule has 0 spiro atoms. The third-order valence-corrected chi connectivity index (χ3v) is 3.68. The van der Waals surface area contributed by atoms with E-state index in [2.05, 4.69) is 10.2 Å². The lowest BCUT2D eigenvalue weighted by molar-refractivity contribution is -0.136. The van der Waals surface area contributed by atoms with Crippen LogP contribution in [0.1, 0.15) is 18.4 Å². The molecule has 0 aliphatic carbocycles. The van der Waals surface area contributed by atoms with E-state index >= 15 is 0 Å². The molecule has 0 bridgehead atoms. The van der Waals surface area contributed by atoms with E-state index in [1.54, 1.807) is 0 Å². The quantitative estimate of drug-likeness (QED) is 0.800. The van der Waals surface area contributed by atoms with Gasteiger partial charge in [0.25, 0.3) is 0 Å². The van der Waals surface area contributed by atoms with E-state index in [1.165, 1.54) is 12.1 Å². The van der Waals surface area contributed by atoms with Crippen LogP contribution in [0.15, 0.2) is 18.2 Å². The number of nitrogens with zero attached hydrogens (tertiary/aromatic N) is 1. The minimum Gasteiger partial charge on any atom is -0.465 e. The molecule has 5 nitrogen and oxygen atoms in total. The van der Waals surface area contributed by atoms with E-state index in [4.69, 9.17) is 5.11 Å². The minimum absolute atomic E-state index is 0.0822. The van der Waals surface area contributed by atoms with Gasteiger partial charge in [-0.2, -0.15) is 13.2 Å². The number of carboxylic acid groups (broad SMARTS) is 1. The number of halogens is 3. The summed E-state index contributed by atoms with van der Waals surface area (Å²) >= 11 is 0. The van der Waals surface area contributed by atoms with Crippen LogP contribution in [0.25, 0.3) is 0 Å². The third kappa shape index (κ3) is 4.03. The Morgan fingerprint density at radius 1 is 1.32 bits per heavy atom. The summed E-state index contributed by atoms with van der Waals surface area (Å²) in [6, 6.07) is 3.34. The number of rotatable bonds is 3. The van der Waals surface area contributed by atoms with Crippen LogP contribution in [-0.4, -0.2) is 42.3 Å². The van der Waals surface area contributed by atoms with Crippen LogP contribution >= 0.6 is 0 Å². The second kappa shape index (κ2) is 6.43. The van der Waals surface area contributed by atoms with Gasteiger partial charge in [-0.15, -0.1) is 0 Å². The van der Waals surface area contributed by atoms with E-state index in [0.29, 0.717) is 12.8 Å². The zero-order chi connectivity index (χ0) is 16.3. The molecule has 2 rings (SSSR count). The fraction of sp³-hybridized carbons (Fsp3) is 0.500. The lowest BCUT2D eigenvalue weighted by atomic mass is 10.0. The fourth-order valence-corrected chi connectivity index (χ4v) is 2.52. The van der Waals surface area contributed by atoms with Gasteiger partial charge in [-0.25, -0.2) is 4.79 Å². The number of hydrogen-bond donors (Lipinski definition) is 3. The number of carbonyl (C=O) groups is 1. The summed E-state index contributed by atoms with van der Waals surface area (Å²) < 4.78 is 39.5. The molecule has 1 fully saturated rings. The van der Waals surface area contributed by atoms with Crippen molar-refractivity contribution in [3.8, 4) is 0 Å². The van der Waals surface area contributed by atoms with Gasteiger partial charge in [-0.3, -0.25) is 5.32 Å². The van der Waals surface area contributed by atoms with Gasteiger partial charge in [0.15, 0.2) is 0 Å². The van der Waals surface area contributed by atoms with E-state index in [9.17, 15) is 18.0 Å². The number of amides is 1. The minimum atomic E-state index is -4.55. The van der Waals surface area contributed by atoms with E-state index in [1.807, 2.05) is 12.4 Å². The molecule has 1 heterocycles. The highest BCUT2D eigenvalue weighted by atomic mass is 19.4. The maximum absolute atomic E-state index is 13.2. The molecule has 0 radical (unpaired) electrons. The summed E-state index contributed by atoms with van der Waals surface area (Å²) in [6.45, 7) is 1.57. The topological polar surface area (TPSA) is 64.6 Å². The zero-order valence-electron chi connectivity index (χ0n) is 12.1. The summed E-state index contributed by atoms with van der Waals surface area (Å²) in [5, 5.41) is 13.7. The van der Waals surface area contributed by atoms with Crippen molar-refractivity contribution in [2.75, 3.05) is 30.8 Å². The van der Waals surface area contributed by atoms with Gasteiger partial charge in [-0.1, -0.05) is 6.07 Å². The molecule has 0 unspecified atom stereocenters. The van der Waals surface area contributed by atoms with Crippen molar-refractivity contribution in [1.82, 2.24) is 4.90 Å². The molecule has 0 atom stereocenters. The Balaban J connectivity index is 2.30. The van der Waals surface area contributed by atoms with Crippen molar-refractivity contribution >= 4 is 17.5 Å². The third-order valence-electron chi connectivity index (χ3n) is 3.68. The van der Waals surface area contributed by atoms with Crippen molar-refractivity contribution in [3.05, 3.63) is 23.8 Å². The largest absolute Gasteiger partial charge is 0.465 e. The molecular weight excluding hydrogens is 299 g/mol. The lowest BCUT2D eigenvalue weighted by Gasteiger charge is -2.31. The van der Waals surface area contributed by atoms with Crippen LogP contribution in [0, 0.1) is 0 Å². The maximum atomic E-state index is 13.2. The van der Waals surface area contributed by atoms with Gasteiger partial charge in [0.2, 0.25) is 0 Å². The van der Waals surface area contributed by atoms with Gasteiger partial charge in [0.1, 0.15) is 0 Å². The predicted octanol–water partition coefficient (Wildman–Crippen LogP) is 3.30. The van der Waals surface area contributed by atoms with Crippen LogP contribution in [0.5, 0.6) is 0 Å². The molecule has 8 heteroatoms. The van der Waals surface area contributed by atoms with Gasteiger partial charge in [0.05, 0.1) is 16.9 Å². The number of piperidine rings is 1. The van der Waals surface area contributed by atoms with Crippen molar-refractivity contribution < 1.29 is 23.1 Å². The normalized spacial score (nSPS) is 17.3. The van der Waals surface area contributed by atoms with Crippen LogP contribution in [0.3, 0.4) is 0 Å². The average molecular weight is 317 g/mol. The van der Waals surface area contributed by atoms with Gasteiger partial charge < -0.3 is 15.3 Å². The summed E-state index contributed by atoms with van der Waals surface area (Å²) in [7, 11) is 1.96. The Bertz CT molecular complexity index is 541. The maximum Gasteiger partial charge on any atom is 0.418 e. The molecule has 1 amide bonds. The average Bonchev–Trinajstić information content (AvgIpc) is 2.41. The zero-order valence-corrected chi connectivity index (χ0v) is 12.1. The van der Waals surface area contributed by atoms with Gasteiger partial charge >= 0.3 is 12.3 Å². The second-order valence-corrected chi connectivity index (χ2v) is 5.38. The van der Waals surface area contributed by atoms with Gasteiger partial charge in [-0.05, 0) is 45.1 Å². The predicted molar refractivity (Wildman–Crippen MR) is 77.2 cm³/mol. The first-order chi connectivity index (χ1) is 10.3. The Kier molecular flexibility index (Phi) is 4.80.